The third-order valence-electron chi connectivity index (χ3n) is 4.47. The van der Waals surface area contributed by atoms with Gasteiger partial charge in [-0.2, -0.15) is 0 Å². The maximum absolute atomic E-state index is 12.6. The minimum Gasteiger partial charge on any atom is -0.491 e. The van der Waals surface area contributed by atoms with Crippen LogP contribution in [0.3, 0.4) is 0 Å². The third-order valence-corrected chi connectivity index (χ3v) is 4.47. The van der Waals surface area contributed by atoms with Crippen LogP contribution in [0.1, 0.15) is 37.0 Å². The Morgan fingerprint density at radius 3 is 2.32 bits per heavy atom. The van der Waals surface area contributed by atoms with Crippen LogP contribution in [0, 0.1) is 0 Å². The summed E-state index contributed by atoms with van der Waals surface area (Å²) in [5.74, 6) is 0.520. The summed E-state index contributed by atoms with van der Waals surface area (Å²) in [6.07, 6.45) is 1.31. The van der Waals surface area contributed by atoms with Crippen LogP contribution >= 0.6 is 0 Å². The summed E-state index contributed by atoms with van der Waals surface area (Å²) in [4.78, 5) is 39.2. The third kappa shape index (κ3) is 3.75. The van der Waals surface area contributed by atoms with Crippen LogP contribution in [0.2, 0.25) is 0 Å². The smallest absolute Gasteiger partial charge is 0.324 e. The van der Waals surface area contributed by atoms with E-state index in [4.69, 9.17) is 4.74 Å². The van der Waals surface area contributed by atoms with E-state index >= 15 is 0 Å². The van der Waals surface area contributed by atoms with Crippen LogP contribution in [0.15, 0.2) is 24.3 Å². The number of nitrogens with one attached hydrogen (secondary N) is 1. The van der Waals surface area contributed by atoms with E-state index in [-0.39, 0.29) is 36.5 Å². The SMILES string of the molecule is CC(C)Oc1ccc(C(=O)N2CCC(N3C(=O)CNC3=O)CC2)cc1. The second kappa shape index (κ2) is 7.13. The largest absolute Gasteiger partial charge is 0.491 e. The zero-order valence-corrected chi connectivity index (χ0v) is 14.5. The quantitative estimate of drug-likeness (QED) is 0.841. The molecule has 7 heteroatoms. The molecule has 3 rings (SSSR count). The number of piperidine rings is 1. The highest BCUT2D eigenvalue weighted by Gasteiger charge is 2.37. The summed E-state index contributed by atoms with van der Waals surface area (Å²) in [5.41, 5.74) is 0.615. The Morgan fingerprint density at radius 2 is 1.80 bits per heavy atom. The van der Waals surface area contributed by atoms with E-state index in [0.29, 0.717) is 31.5 Å². The Labute approximate surface area is 146 Å². The van der Waals surface area contributed by atoms with Crippen molar-refractivity contribution in [1.82, 2.24) is 15.1 Å². The number of amides is 4. The lowest BCUT2D eigenvalue weighted by Gasteiger charge is -2.35. The van der Waals surface area contributed by atoms with Crippen LogP contribution in [0.4, 0.5) is 4.79 Å². The van der Waals surface area contributed by atoms with Crippen LogP contribution in [-0.4, -0.2) is 59.4 Å². The van der Waals surface area contributed by atoms with Crippen LogP contribution in [0.5, 0.6) is 5.75 Å². The molecular weight excluding hydrogens is 322 g/mol. The first kappa shape index (κ1) is 17.3. The van der Waals surface area contributed by atoms with E-state index in [1.165, 1.54) is 4.90 Å². The van der Waals surface area contributed by atoms with Crippen molar-refractivity contribution in [2.75, 3.05) is 19.6 Å². The van der Waals surface area contributed by atoms with Gasteiger partial charge in [-0.3, -0.25) is 14.5 Å². The van der Waals surface area contributed by atoms with E-state index in [2.05, 4.69) is 5.32 Å². The molecule has 2 heterocycles. The lowest BCUT2D eigenvalue weighted by molar-refractivity contribution is -0.127. The van der Waals surface area contributed by atoms with Gasteiger partial charge < -0.3 is 15.0 Å². The fourth-order valence-corrected chi connectivity index (χ4v) is 3.26. The highest BCUT2D eigenvalue weighted by molar-refractivity contribution is 6.02. The molecule has 0 radical (unpaired) electrons. The molecule has 0 bridgehead atoms. The van der Waals surface area contributed by atoms with Crippen LogP contribution in [-0.2, 0) is 4.79 Å². The second-order valence-corrected chi connectivity index (χ2v) is 6.64. The van der Waals surface area contributed by atoms with E-state index < -0.39 is 0 Å². The maximum Gasteiger partial charge on any atom is 0.324 e. The van der Waals surface area contributed by atoms with Gasteiger partial charge in [0.25, 0.3) is 5.91 Å². The second-order valence-electron chi connectivity index (χ2n) is 6.64. The van der Waals surface area contributed by atoms with Gasteiger partial charge in [-0.1, -0.05) is 0 Å². The van der Waals surface area contributed by atoms with Gasteiger partial charge in [0, 0.05) is 24.7 Å². The van der Waals surface area contributed by atoms with Gasteiger partial charge in [-0.15, -0.1) is 0 Å². The van der Waals surface area contributed by atoms with E-state index in [1.54, 1.807) is 29.2 Å². The van der Waals surface area contributed by atoms with Gasteiger partial charge in [0.05, 0.1) is 12.6 Å². The summed E-state index contributed by atoms with van der Waals surface area (Å²) in [7, 11) is 0. The molecule has 0 aromatic heterocycles. The molecule has 7 nitrogen and oxygen atoms in total. The number of nitrogens with zero attached hydrogens (tertiary/aromatic N) is 2. The summed E-state index contributed by atoms with van der Waals surface area (Å²) in [5, 5.41) is 2.54. The van der Waals surface area contributed by atoms with Crippen molar-refractivity contribution in [3.05, 3.63) is 29.8 Å². The molecule has 2 saturated heterocycles. The standard InChI is InChI=1S/C18H23N3O4/c1-12(2)25-15-5-3-13(4-6-15)17(23)20-9-7-14(8-10-20)21-16(22)11-19-18(21)24/h3-6,12,14H,7-11H2,1-2H3,(H,19,24). The summed E-state index contributed by atoms with van der Waals surface area (Å²) in [6.45, 7) is 5.04. The van der Waals surface area contributed by atoms with Gasteiger partial charge in [0.2, 0.25) is 5.91 Å². The zero-order valence-electron chi connectivity index (χ0n) is 14.5. The lowest BCUT2D eigenvalue weighted by atomic mass is 10.0. The van der Waals surface area contributed by atoms with Crippen LogP contribution < -0.4 is 10.1 Å². The molecule has 0 spiro atoms. The average Bonchev–Trinajstić information content (AvgIpc) is 2.93. The van der Waals surface area contributed by atoms with Gasteiger partial charge in [-0.25, -0.2) is 4.79 Å². The highest BCUT2D eigenvalue weighted by atomic mass is 16.5. The Bertz CT molecular complexity index is 647. The molecule has 0 saturated carbocycles. The Hall–Kier alpha value is -2.57. The highest BCUT2D eigenvalue weighted by Crippen LogP contribution is 2.21. The summed E-state index contributed by atoms with van der Waals surface area (Å²) >= 11 is 0. The fourth-order valence-electron chi connectivity index (χ4n) is 3.26. The molecule has 2 aliphatic rings. The minimum absolute atomic E-state index is 0.0354. The number of hydrogen-bond acceptors (Lipinski definition) is 4. The summed E-state index contributed by atoms with van der Waals surface area (Å²) in [6, 6.07) is 6.68. The number of rotatable bonds is 4. The van der Waals surface area contributed by atoms with Gasteiger partial charge in [0.15, 0.2) is 0 Å². The molecule has 0 aliphatic carbocycles. The average molecular weight is 345 g/mol. The minimum atomic E-state index is -0.324. The maximum atomic E-state index is 12.6. The van der Waals surface area contributed by atoms with Crippen LogP contribution in [0.25, 0.3) is 0 Å². The first-order chi connectivity index (χ1) is 12.0. The Balaban J connectivity index is 1.58. The predicted molar refractivity (Wildman–Crippen MR) is 91.4 cm³/mol. The number of benzene rings is 1. The van der Waals surface area contributed by atoms with E-state index in [1.807, 2.05) is 13.8 Å². The van der Waals surface area contributed by atoms with E-state index in [0.717, 1.165) is 5.75 Å². The molecule has 0 atom stereocenters. The van der Waals surface area contributed by atoms with Crippen molar-refractivity contribution in [3.8, 4) is 5.75 Å². The van der Waals surface area contributed by atoms with Crippen molar-refractivity contribution < 1.29 is 19.1 Å². The fraction of sp³-hybridized carbons (Fsp3) is 0.500. The Kier molecular flexibility index (Phi) is 4.92. The van der Waals surface area contributed by atoms with Gasteiger partial charge in [0.1, 0.15) is 5.75 Å². The topological polar surface area (TPSA) is 79.0 Å². The van der Waals surface area contributed by atoms with Crippen molar-refractivity contribution in [2.24, 2.45) is 0 Å². The zero-order chi connectivity index (χ0) is 18.0. The van der Waals surface area contributed by atoms with Crippen molar-refractivity contribution in [3.63, 3.8) is 0 Å². The molecule has 134 valence electrons. The number of carbonyl (C=O) groups excluding carboxylic acids is 3. The molecule has 1 N–H and O–H groups in total. The predicted octanol–water partition coefficient (Wildman–Crippen LogP) is 1.63. The number of likely N-dealkylation sites (tertiary alicyclic amines) is 1. The molecule has 2 fully saturated rings. The molecule has 2 aliphatic heterocycles. The normalized spacial score (nSPS) is 18.7. The van der Waals surface area contributed by atoms with Crippen molar-refractivity contribution in [2.45, 2.75) is 38.8 Å². The first-order valence-electron chi connectivity index (χ1n) is 8.61. The Morgan fingerprint density at radius 1 is 1.16 bits per heavy atom. The van der Waals surface area contributed by atoms with Crippen molar-refractivity contribution in [1.29, 1.82) is 0 Å². The molecule has 1 aromatic rings. The number of carbonyl (C=O) groups is 3. The lowest BCUT2D eigenvalue weighted by Crippen LogP contribution is -2.49. The monoisotopic (exact) mass is 345 g/mol. The molecule has 1 aromatic carbocycles. The number of ether oxygens (including phenoxy) is 1. The molecule has 25 heavy (non-hydrogen) atoms. The molecular formula is C18H23N3O4. The molecule has 0 unspecified atom stereocenters. The summed E-state index contributed by atoms with van der Waals surface area (Å²) < 4.78 is 5.59. The van der Waals surface area contributed by atoms with E-state index in [9.17, 15) is 14.4 Å². The van der Waals surface area contributed by atoms with Crippen molar-refractivity contribution >= 4 is 17.8 Å². The van der Waals surface area contributed by atoms with Gasteiger partial charge >= 0.3 is 6.03 Å². The number of imide groups is 1. The number of hydrogen-bond donors (Lipinski definition) is 1. The molecule has 4 amide bonds. The first-order valence-corrected chi connectivity index (χ1v) is 8.61. The van der Waals surface area contributed by atoms with Gasteiger partial charge in [-0.05, 0) is 51.0 Å². The number of urea groups is 1.